The van der Waals surface area contributed by atoms with Gasteiger partial charge in [-0.25, -0.2) is 4.98 Å². The summed E-state index contributed by atoms with van der Waals surface area (Å²) in [5.41, 5.74) is 4.45. The van der Waals surface area contributed by atoms with E-state index in [2.05, 4.69) is 67.6 Å². The number of carbonyl (C=O) groups excluding carboxylic acids is 2. The van der Waals surface area contributed by atoms with Gasteiger partial charge in [-0.1, -0.05) is 82.3 Å². The number of rotatable bonds is 10. The Bertz CT molecular complexity index is 1060. The minimum Gasteiger partial charge on any atom is -0.310 e. The highest BCUT2D eigenvalue weighted by Gasteiger charge is 2.18. The molecule has 5 heteroatoms. The van der Waals surface area contributed by atoms with Gasteiger partial charge in [0.25, 0.3) is 0 Å². The maximum Gasteiger partial charge on any atom is 0.232 e. The van der Waals surface area contributed by atoms with E-state index in [1.54, 1.807) is 18.2 Å². The van der Waals surface area contributed by atoms with E-state index in [-0.39, 0.29) is 23.7 Å². The Labute approximate surface area is 215 Å². The van der Waals surface area contributed by atoms with E-state index >= 15 is 0 Å². The summed E-state index contributed by atoms with van der Waals surface area (Å²) in [6, 6.07) is 21.6. The van der Waals surface area contributed by atoms with Crippen LogP contribution >= 0.6 is 0 Å². The predicted octanol–water partition coefficient (Wildman–Crippen LogP) is 6.96. The lowest BCUT2D eigenvalue weighted by molar-refractivity contribution is -0.118. The Kier molecular flexibility index (Phi) is 9.40. The largest absolute Gasteiger partial charge is 0.310 e. The molecule has 3 rings (SSSR count). The summed E-state index contributed by atoms with van der Waals surface area (Å²) < 4.78 is 0. The highest BCUT2D eigenvalue weighted by atomic mass is 16.2. The zero-order valence-corrected chi connectivity index (χ0v) is 22.3. The monoisotopic (exact) mass is 485 g/mol. The molecule has 0 fully saturated rings. The molecule has 0 radical (unpaired) electrons. The molecule has 1 heterocycles. The molecule has 0 unspecified atom stereocenters. The number of amides is 2. The number of aromatic nitrogens is 1. The Balaban J connectivity index is 1.60. The van der Waals surface area contributed by atoms with Crippen LogP contribution in [-0.2, 0) is 22.4 Å². The topological polar surface area (TPSA) is 71.1 Å². The summed E-state index contributed by atoms with van der Waals surface area (Å²) in [7, 11) is 0. The first-order valence-corrected chi connectivity index (χ1v) is 12.9. The van der Waals surface area contributed by atoms with Gasteiger partial charge in [-0.05, 0) is 72.9 Å². The highest BCUT2D eigenvalue weighted by Crippen LogP contribution is 2.22. The standard InChI is InChI=1S/C31H39N3O2/c1-20(2)18-24-10-14-26(15-11-24)22(5)30(35)33-28-8-7-9-29(32-28)34-31(36)23(6)27-16-12-25(13-17-27)19-21(3)4/h7-17,20-23H,18-19H2,1-6H3,(H2,32,33,34,35,36)/t22-,23-/m0/s1. The van der Waals surface area contributed by atoms with Gasteiger partial charge in [0, 0.05) is 0 Å². The summed E-state index contributed by atoms with van der Waals surface area (Å²) in [6.07, 6.45) is 2.04. The highest BCUT2D eigenvalue weighted by molar-refractivity contribution is 5.96. The molecule has 2 amide bonds. The minimum atomic E-state index is -0.322. The first-order chi connectivity index (χ1) is 17.1. The summed E-state index contributed by atoms with van der Waals surface area (Å²) >= 11 is 0. The van der Waals surface area contributed by atoms with Crippen LogP contribution in [0.3, 0.4) is 0 Å². The van der Waals surface area contributed by atoms with Gasteiger partial charge in [0.2, 0.25) is 11.8 Å². The van der Waals surface area contributed by atoms with E-state index in [0.717, 1.165) is 24.0 Å². The summed E-state index contributed by atoms with van der Waals surface area (Å²) in [5, 5.41) is 5.76. The average Bonchev–Trinajstić information content (AvgIpc) is 2.83. The number of anilines is 2. The van der Waals surface area contributed by atoms with Crippen molar-refractivity contribution in [1.29, 1.82) is 0 Å². The van der Waals surface area contributed by atoms with E-state index in [1.165, 1.54) is 11.1 Å². The Morgan fingerprint density at radius 2 is 0.972 bits per heavy atom. The Morgan fingerprint density at radius 1 is 0.611 bits per heavy atom. The second-order valence-corrected chi connectivity index (χ2v) is 10.5. The molecule has 0 saturated heterocycles. The SMILES string of the molecule is CC(C)Cc1ccc([C@H](C)C(=O)Nc2cccc(NC(=O)[C@@H](C)c3ccc(CC(C)C)cc3)n2)cc1. The molecule has 2 atom stereocenters. The van der Waals surface area contributed by atoms with Crippen molar-refractivity contribution in [2.24, 2.45) is 11.8 Å². The normalized spacial score (nSPS) is 12.9. The van der Waals surface area contributed by atoms with E-state index in [4.69, 9.17) is 0 Å². The first-order valence-electron chi connectivity index (χ1n) is 12.9. The molecule has 36 heavy (non-hydrogen) atoms. The van der Waals surface area contributed by atoms with Crippen molar-refractivity contribution >= 4 is 23.5 Å². The van der Waals surface area contributed by atoms with Crippen molar-refractivity contribution < 1.29 is 9.59 Å². The number of carbonyl (C=O) groups is 2. The number of hydrogen-bond donors (Lipinski definition) is 2. The quantitative estimate of drug-likeness (QED) is 0.326. The Hall–Kier alpha value is -3.47. The molecule has 0 aliphatic rings. The van der Waals surface area contributed by atoms with Gasteiger partial charge in [0.1, 0.15) is 11.6 Å². The summed E-state index contributed by atoms with van der Waals surface area (Å²) in [6.45, 7) is 12.5. The first kappa shape index (κ1) is 27.1. The number of nitrogens with one attached hydrogen (secondary N) is 2. The third-order valence-electron chi connectivity index (χ3n) is 6.29. The van der Waals surface area contributed by atoms with Gasteiger partial charge in [-0.3, -0.25) is 9.59 Å². The van der Waals surface area contributed by atoms with Crippen molar-refractivity contribution in [3.63, 3.8) is 0 Å². The van der Waals surface area contributed by atoms with Gasteiger partial charge in [-0.2, -0.15) is 0 Å². The summed E-state index contributed by atoms with van der Waals surface area (Å²) in [4.78, 5) is 30.2. The molecule has 2 aromatic carbocycles. The van der Waals surface area contributed by atoms with Gasteiger partial charge < -0.3 is 10.6 Å². The molecule has 2 N–H and O–H groups in total. The van der Waals surface area contributed by atoms with Crippen LogP contribution in [0.25, 0.3) is 0 Å². The van der Waals surface area contributed by atoms with Crippen molar-refractivity contribution in [1.82, 2.24) is 4.98 Å². The lowest BCUT2D eigenvalue weighted by Gasteiger charge is -2.15. The van der Waals surface area contributed by atoms with Crippen LogP contribution in [0.2, 0.25) is 0 Å². The lowest BCUT2D eigenvalue weighted by Crippen LogP contribution is -2.21. The van der Waals surface area contributed by atoms with Gasteiger partial charge in [-0.15, -0.1) is 0 Å². The third kappa shape index (κ3) is 7.77. The van der Waals surface area contributed by atoms with E-state index < -0.39 is 0 Å². The minimum absolute atomic E-state index is 0.141. The molecule has 0 spiro atoms. The van der Waals surface area contributed by atoms with Crippen LogP contribution < -0.4 is 10.6 Å². The van der Waals surface area contributed by atoms with Crippen molar-refractivity contribution in [2.45, 2.75) is 66.2 Å². The molecule has 5 nitrogen and oxygen atoms in total. The lowest BCUT2D eigenvalue weighted by atomic mass is 9.96. The average molecular weight is 486 g/mol. The van der Waals surface area contributed by atoms with E-state index in [9.17, 15) is 9.59 Å². The van der Waals surface area contributed by atoms with Gasteiger partial charge in [0.05, 0.1) is 11.8 Å². The molecular formula is C31H39N3O2. The van der Waals surface area contributed by atoms with Crippen LogP contribution in [0, 0.1) is 11.8 Å². The van der Waals surface area contributed by atoms with Crippen LogP contribution in [0.5, 0.6) is 0 Å². The maximum absolute atomic E-state index is 12.9. The van der Waals surface area contributed by atoms with Crippen LogP contribution in [-0.4, -0.2) is 16.8 Å². The third-order valence-corrected chi connectivity index (χ3v) is 6.29. The van der Waals surface area contributed by atoms with Crippen molar-refractivity contribution in [3.8, 4) is 0 Å². The zero-order chi connectivity index (χ0) is 26.2. The van der Waals surface area contributed by atoms with Crippen LogP contribution in [0.4, 0.5) is 11.6 Å². The van der Waals surface area contributed by atoms with Crippen LogP contribution in [0.15, 0.2) is 66.7 Å². The Morgan fingerprint density at radius 3 is 1.31 bits per heavy atom. The predicted molar refractivity (Wildman–Crippen MR) is 148 cm³/mol. The molecule has 0 bridgehead atoms. The molecule has 3 aromatic rings. The molecule has 190 valence electrons. The van der Waals surface area contributed by atoms with Crippen molar-refractivity contribution in [3.05, 3.63) is 89.0 Å². The van der Waals surface area contributed by atoms with Crippen molar-refractivity contribution in [2.75, 3.05) is 10.6 Å². The zero-order valence-electron chi connectivity index (χ0n) is 22.3. The molecule has 0 saturated carbocycles. The fourth-order valence-electron chi connectivity index (χ4n) is 4.17. The van der Waals surface area contributed by atoms with Gasteiger partial charge >= 0.3 is 0 Å². The fourth-order valence-corrected chi connectivity index (χ4v) is 4.17. The molecule has 1 aromatic heterocycles. The number of nitrogens with zero attached hydrogens (tertiary/aromatic N) is 1. The molecule has 0 aliphatic carbocycles. The van der Waals surface area contributed by atoms with E-state index in [0.29, 0.717) is 23.5 Å². The second kappa shape index (κ2) is 12.5. The summed E-state index contributed by atoms with van der Waals surface area (Å²) in [5.74, 6) is 1.07. The molecule has 0 aliphatic heterocycles. The maximum atomic E-state index is 12.9. The second-order valence-electron chi connectivity index (χ2n) is 10.5. The number of hydrogen-bond acceptors (Lipinski definition) is 3. The smallest absolute Gasteiger partial charge is 0.232 e. The number of benzene rings is 2. The van der Waals surface area contributed by atoms with Gasteiger partial charge in [0.15, 0.2) is 0 Å². The fraction of sp³-hybridized carbons (Fsp3) is 0.387. The van der Waals surface area contributed by atoms with Crippen LogP contribution in [0.1, 0.15) is 75.6 Å². The number of pyridine rings is 1. The molecular weight excluding hydrogens is 446 g/mol. The van der Waals surface area contributed by atoms with E-state index in [1.807, 2.05) is 38.1 Å².